The summed E-state index contributed by atoms with van der Waals surface area (Å²) in [7, 11) is 0. The number of piperazine rings is 1. The normalized spacial score (nSPS) is 14.2. The van der Waals surface area contributed by atoms with E-state index in [1.807, 2.05) is 12.1 Å². The molecule has 9 heteroatoms. The van der Waals surface area contributed by atoms with Crippen molar-refractivity contribution in [3.63, 3.8) is 0 Å². The molecule has 0 saturated carbocycles. The molecule has 2 heterocycles. The fraction of sp³-hybridized carbons (Fsp3) is 0.235. The highest BCUT2D eigenvalue weighted by molar-refractivity contribution is 7.80. The van der Waals surface area contributed by atoms with Gasteiger partial charge in [0, 0.05) is 43.8 Å². The molecule has 26 heavy (non-hydrogen) atoms. The van der Waals surface area contributed by atoms with Gasteiger partial charge in [-0.05, 0) is 42.5 Å². The van der Waals surface area contributed by atoms with Crippen LogP contribution in [0.3, 0.4) is 0 Å². The molecule has 1 aromatic carbocycles. The lowest BCUT2D eigenvalue weighted by Gasteiger charge is -2.37. The molecule has 6 nitrogen and oxygen atoms in total. The zero-order chi connectivity index (χ0) is 18.7. The van der Waals surface area contributed by atoms with Crippen LogP contribution < -0.4 is 10.2 Å². The Hall–Kier alpha value is -2.09. The van der Waals surface area contributed by atoms with Crippen LogP contribution in [-0.4, -0.2) is 52.3 Å². The number of carboxylic acid groups (broad SMARTS) is 1. The average Bonchev–Trinajstić information content (AvgIpc) is 2.61. The first-order chi connectivity index (χ1) is 12.4. The molecule has 1 saturated heterocycles. The van der Waals surface area contributed by atoms with Gasteiger partial charge in [-0.25, -0.2) is 9.78 Å². The van der Waals surface area contributed by atoms with Gasteiger partial charge in [0.2, 0.25) is 0 Å². The number of nitrogens with zero attached hydrogens (tertiary/aromatic N) is 3. The summed E-state index contributed by atoms with van der Waals surface area (Å²) in [6.07, 6.45) is 1.70. The topological polar surface area (TPSA) is 68.7 Å². The molecule has 1 aromatic heterocycles. The largest absolute Gasteiger partial charge is 0.478 e. The van der Waals surface area contributed by atoms with Crippen molar-refractivity contribution in [2.24, 2.45) is 0 Å². The van der Waals surface area contributed by atoms with E-state index >= 15 is 0 Å². The molecule has 3 rings (SSSR count). The number of aromatic nitrogens is 1. The van der Waals surface area contributed by atoms with E-state index < -0.39 is 5.97 Å². The van der Waals surface area contributed by atoms with Crippen LogP contribution in [0.4, 0.5) is 11.4 Å². The van der Waals surface area contributed by atoms with Crippen molar-refractivity contribution in [2.75, 3.05) is 36.4 Å². The molecule has 0 amide bonds. The second-order valence-electron chi connectivity index (χ2n) is 5.74. The Bertz CT molecular complexity index is 841. The molecule has 2 N–H and O–H groups in total. The number of nitrogens with one attached hydrogen (secondary N) is 1. The highest BCUT2D eigenvalue weighted by Gasteiger charge is 2.20. The third kappa shape index (κ3) is 4.35. The molecule has 1 aliphatic heterocycles. The van der Waals surface area contributed by atoms with Crippen LogP contribution in [0.1, 0.15) is 10.4 Å². The van der Waals surface area contributed by atoms with Crippen LogP contribution in [0, 0.1) is 0 Å². The number of carboxylic acids is 1. The van der Waals surface area contributed by atoms with Crippen molar-refractivity contribution in [2.45, 2.75) is 0 Å². The Morgan fingerprint density at radius 2 is 1.88 bits per heavy atom. The first-order valence-corrected chi connectivity index (χ1v) is 9.06. The molecular formula is C17H16Cl2N4O2S. The summed E-state index contributed by atoms with van der Waals surface area (Å²) in [4.78, 5) is 19.3. The Balaban J connectivity index is 1.58. The van der Waals surface area contributed by atoms with Gasteiger partial charge in [-0.1, -0.05) is 23.2 Å². The SMILES string of the molecule is O=C(O)c1ccc(NC(=S)N2CCN(c3ccnc(Cl)c3)CC2)cc1Cl. The van der Waals surface area contributed by atoms with Crippen LogP contribution in [0.2, 0.25) is 10.2 Å². The number of benzene rings is 1. The highest BCUT2D eigenvalue weighted by Crippen LogP contribution is 2.22. The predicted octanol–water partition coefficient (Wildman–Crippen LogP) is 3.61. The lowest BCUT2D eigenvalue weighted by Crippen LogP contribution is -2.50. The van der Waals surface area contributed by atoms with Crippen molar-refractivity contribution >= 4 is 57.9 Å². The van der Waals surface area contributed by atoms with E-state index in [2.05, 4.69) is 20.1 Å². The number of pyridine rings is 1. The maximum absolute atomic E-state index is 11.0. The summed E-state index contributed by atoms with van der Waals surface area (Å²) < 4.78 is 0. The van der Waals surface area contributed by atoms with Crippen LogP contribution in [0.25, 0.3) is 0 Å². The minimum Gasteiger partial charge on any atom is -0.478 e. The fourth-order valence-corrected chi connectivity index (χ4v) is 3.46. The first-order valence-electron chi connectivity index (χ1n) is 7.89. The lowest BCUT2D eigenvalue weighted by atomic mass is 10.2. The highest BCUT2D eigenvalue weighted by atomic mass is 35.5. The van der Waals surface area contributed by atoms with Crippen LogP contribution in [0.5, 0.6) is 0 Å². The zero-order valence-corrected chi connectivity index (χ0v) is 16.0. The van der Waals surface area contributed by atoms with Crippen molar-refractivity contribution < 1.29 is 9.90 Å². The van der Waals surface area contributed by atoms with Crippen molar-refractivity contribution in [1.29, 1.82) is 0 Å². The van der Waals surface area contributed by atoms with E-state index in [-0.39, 0.29) is 10.6 Å². The summed E-state index contributed by atoms with van der Waals surface area (Å²) in [5.74, 6) is -1.06. The third-order valence-electron chi connectivity index (χ3n) is 4.09. The maximum Gasteiger partial charge on any atom is 0.337 e. The summed E-state index contributed by atoms with van der Waals surface area (Å²) in [5, 5.41) is 13.4. The second-order valence-corrected chi connectivity index (χ2v) is 6.92. The van der Waals surface area contributed by atoms with E-state index in [1.165, 1.54) is 6.07 Å². The molecule has 0 unspecified atom stereocenters. The van der Waals surface area contributed by atoms with Gasteiger partial charge in [-0.2, -0.15) is 0 Å². The Morgan fingerprint density at radius 3 is 2.50 bits per heavy atom. The Labute approximate surface area is 166 Å². The second kappa shape index (κ2) is 8.07. The number of anilines is 2. The van der Waals surface area contributed by atoms with Gasteiger partial charge < -0.3 is 20.2 Å². The number of aromatic carboxylic acids is 1. The Morgan fingerprint density at radius 1 is 1.15 bits per heavy atom. The van der Waals surface area contributed by atoms with Crippen molar-refractivity contribution in [1.82, 2.24) is 9.88 Å². The quantitative estimate of drug-likeness (QED) is 0.591. The number of hydrogen-bond acceptors (Lipinski definition) is 4. The number of rotatable bonds is 3. The smallest absolute Gasteiger partial charge is 0.337 e. The third-order valence-corrected chi connectivity index (χ3v) is 4.97. The van der Waals surface area contributed by atoms with Gasteiger partial charge in [0.1, 0.15) is 5.15 Å². The van der Waals surface area contributed by atoms with Crippen LogP contribution >= 0.6 is 35.4 Å². The van der Waals surface area contributed by atoms with E-state index in [4.69, 9.17) is 40.5 Å². The molecule has 0 spiro atoms. The van der Waals surface area contributed by atoms with Gasteiger partial charge in [0.15, 0.2) is 5.11 Å². The first kappa shape index (κ1) is 18.7. The van der Waals surface area contributed by atoms with Gasteiger partial charge >= 0.3 is 5.97 Å². The molecule has 0 aliphatic carbocycles. The maximum atomic E-state index is 11.0. The van der Waals surface area contributed by atoms with E-state index in [9.17, 15) is 4.79 Å². The van der Waals surface area contributed by atoms with Crippen LogP contribution in [-0.2, 0) is 0 Å². The molecular weight excluding hydrogens is 395 g/mol. The summed E-state index contributed by atoms with van der Waals surface area (Å²) in [6, 6.07) is 8.45. The standard InChI is InChI=1S/C17H16Cl2N4O2S/c18-14-9-11(1-2-13(14)16(24)25)21-17(26)23-7-5-22(6-8-23)12-3-4-20-15(19)10-12/h1-4,9-10H,5-8H2,(H,21,26)(H,24,25). The molecule has 1 fully saturated rings. The van der Waals surface area contributed by atoms with E-state index in [0.29, 0.717) is 16.0 Å². The number of thiocarbonyl (C=S) groups is 1. The molecule has 136 valence electrons. The van der Waals surface area contributed by atoms with Gasteiger partial charge in [0.05, 0.1) is 10.6 Å². The Kier molecular flexibility index (Phi) is 5.80. The van der Waals surface area contributed by atoms with Gasteiger partial charge in [-0.15, -0.1) is 0 Å². The van der Waals surface area contributed by atoms with Crippen molar-refractivity contribution in [3.05, 3.63) is 52.3 Å². The van der Waals surface area contributed by atoms with Gasteiger partial charge in [-0.3, -0.25) is 0 Å². The van der Waals surface area contributed by atoms with E-state index in [0.717, 1.165) is 31.9 Å². The summed E-state index contributed by atoms with van der Waals surface area (Å²) in [5.41, 5.74) is 1.76. The molecule has 0 bridgehead atoms. The molecule has 0 atom stereocenters. The molecule has 0 radical (unpaired) electrons. The minimum absolute atomic E-state index is 0.0627. The summed E-state index contributed by atoms with van der Waals surface area (Å²) >= 11 is 17.4. The average molecular weight is 411 g/mol. The number of carbonyl (C=O) groups is 1. The van der Waals surface area contributed by atoms with E-state index in [1.54, 1.807) is 18.3 Å². The fourth-order valence-electron chi connectivity index (χ4n) is 2.73. The van der Waals surface area contributed by atoms with Crippen molar-refractivity contribution in [3.8, 4) is 0 Å². The zero-order valence-electron chi connectivity index (χ0n) is 13.7. The predicted molar refractivity (Wildman–Crippen MR) is 108 cm³/mol. The summed E-state index contributed by atoms with van der Waals surface area (Å²) in [6.45, 7) is 3.13. The van der Waals surface area contributed by atoms with Crippen LogP contribution in [0.15, 0.2) is 36.5 Å². The number of hydrogen-bond donors (Lipinski definition) is 2. The minimum atomic E-state index is -1.06. The molecule has 1 aliphatic rings. The number of halogens is 2. The lowest BCUT2D eigenvalue weighted by molar-refractivity contribution is 0.0697. The molecule has 2 aromatic rings. The monoisotopic (exact) mass is 410 g/mol. The van der Waals surface area contributed by atoms with Gasteiger partial charge in [0.25, 0.3) is 0 Å².